The third-order valence-corrected chi connectivity index (χ3v) is 4.73. The highest BCUT2D eigenvalue weighted by atomic mass is 32.1. The molecular formula is C17H21N3O2S. The highest BCUT2D eigenvalue weighted by Crippen LogP contribution is 2.11. The minimum Gasteiger partial charge on any atom is -0.374 e. The summed E-state index contributed by atoms with van der Waals surface area (Å²) in [5.74, 6) is -0.119. The lowest BCUT2D eigenvalue weighted by Gasteiger charge is -2.33. The Morgan fingerprint density at radius 1 is 1.43 bits per heavy atom. The molecule has 6 heteroatoms. The van der Waals surface area contributed by atoms with Crippen molar-refractivity contribution in [3.05, 3.63) is 52.0 Å². The first-order valence-corrected chi connectivity index (χ1v) is 8.67. The Hall–Kier alpha value is -1.76. The SMILES string of the molecule is Cc1csc(C(=O)NCC2CN(Cc3ccccc3)CCO2)n1. The largest absolute Gasteiger partial charge is 0.374 e. The van der Waals surface area contributed by atoms with Crippen LogP contribution in [-0.4, -0.2) is 48.1 Å². The van der Waals surface area contributed by atoms with Crippen molar-refractivity contribution < 1.29 is 9.53 Å². The molecular weight excluding hydrogens is 310 g/mol. The summed E-state index contributed by atoms with van der Waals surface area (Å²) >= 11 is 1.37. The van der Waals surface area contributed by atoms with Gasteiger partial charge >= 0.3 is 0 Å². The number of aromatic nitrogens is 1. The smallest absolute Gasteiger partial charge is 0.280 e. The van der Waals surface area contributed by atoms with Crippen LogP contribution in [0.2, 0.25) is 0 Å². The molecule has 0 aliphatic carbocycles. The van der Waals surface area contributed by atoms with Gasteiger partial charge < -0.3 is 10.1 Å². The van der Waals surface area contributed by atoms with Crippen molar-refractivity contribution in [3.8, 4) is 0 Å². The molecule has 1 aliphatic heterocycles. The molecule has 0 radical (unpaired) electrons. The lowest BCUT2D eigenvalue weighted by atomic mass is 10.2. The molecule has 1 saturated heterocycles. The summed E-state index contributed by atoms with van der Waals surface area (Å²) in [7, 11) is 0. The molecule has 0 bridgehead atoms. The predicted molar refractivity (Wildman–Crippen MR) is 90.6 cm³/mol. The molecule has 1 aromatic heterocycles. The van der Waals surface area contributed by atoms with Crippen LogP contribution in [0, 0.1) is 6.92 Å². The number of morpholine rings is 1. The first kappa shape index (κ1) is 16.1. The predicted octanol–water partition coefficient (Wildman–Crippen LogP) is 2.08. The van der Waals surface area contributed by atoms with Gasteiger partial charge in [-0.2, -0.15) is 0 Å². The van der Waals surface area contributed by atoms with Crippen molar-refractivity contribution in [1.29, 1.82) is 0 Å². The van der Waals surface area contributed by atoms with E-state index in [1.54, 1.807) is 0 Å². The van der Waals surface area contributed by atoms with Gasteiger partial charge in [-0.25, -0.2) is 4.98 Å². The Morgan fingerprint density at radius 3 is 3.00 bits per heavy atom. The van der Waals surface area contributed by atoms with Crippen molar-refractivity contribution >= 4 is 17.2 Å². The number of aryl methyl sites for hydroxylation is 1. The molecule has 23 heavy (non-hydrogen) atoms. The van der Waals surface area contributed by atoms with E-state index in [-0.39, 0.29) is 12.0 Å². The van der Waals surface area contributed by atoms with Gasteiger partial charge in [-0.05, 0) is 12.5 Å². The second-order valence-electron chi connectivity index (χ2n) is 5.72. The third-order valence-electron chi connectivity index (χ3n) is 3.78. The van der Waals surface area contributed by atoms with Crippen LogP contribution in [0.4, 0.5) is 0 Å². The summed E-state index contributed by atoms with van der Waals surface area (Å²) in [6.07, 6.45) is 0.0254. The van der Waals surface area contributed by atoms with Crippen LogP contribution in [0.25, 0.3) is 0 Å². The van der Waals surface area contributed by atoms with Crippen molar-refractivity contribution in [2.75, 3.05) is 26.2 Å². The molecule has 1 aromatic carbocycles. The number of hydrogen-bond acceptors (Lipinski definition) is 5. The highest BCUT2D eigenvalue weighted by Gasteiger charge is 2.21. The Morgan fingerprint density at radius 2 is 2.26 bits per heavy atom. The summed E-state index contributed by atoms with van der Waals surface area (Å²) in [4.78, 5) is 18.6. The second kappa shape index (κ2) is 7.68. The summed E-state index contributed by atoms with van der Waals surface area (Å²) < 4.78 is 5.76. The van der Waals surface area contributed by atoms with Gasteiger partial charge in [0.1, 0.15) is 0 Å². The zero-order valence-electron chi connectivity index (χ0n) is 13.2. The van der Waals surface area contributed by atoms with Gasteiger partial charge in [-0.3, -0.25) is 9.69 Å². The minimum atomic E-state index is -0.119. The topological polar surface area (TPSA) is 54.5 Å². The highest BCUT2D eigenvalue weighted by molar-refractivity contribution is 7.11. The van der Waals surface area contributed by atoms with Crippen LogP contribution in [0.5, 0.6) is 0 Å². The molecule has 2 heterocycles. The quantitative estimate of drug-likeness (QED) is 0.911. The normalized spacial score (nSPS) is 18.7. The fourth-order valence-electron chi connectivity index (χ4n) is 2.63. The van der Waals surface area contributed by atoms with E-state index in [1.807, 2.05) is 18.4 Å². The summed E-state index contributed by atoms with van der Waals surface area (Å²) in [5.41, 5.74) is 2.18. The van der Waals surface area contributed by atoms with Gasteiger partial charge in [0.25, 0.3) is 5.91 Å². The van der Waals surface area contributed by atoms with E-state index in [0.29, 0.717) is 18.2 Å². The number of carbonyl (C=O) groups excluding carboxylic acids is 1. The van der Waals surface area contributed by atoms with Crippen LogP contribution >= 0.6 is 11.3 Å². The van der Waals surface area contributed by atoms with Gasteiger partial charge in [0, 0.05) is 37.3 Å². The second-order valence-corrected chi connectivity index (χ2v) is 6.58. The first-order chi connectivity index (χ1) is 11.2. The molecule has 5 nitrogen and oxygen atoms in total. The Labute approximate surface area is 140 Å². The summed E-state index contributed by atoms with van der Waals surface area (Å²) in [6, 6.07) is 10.4. The number of amides is 1. The van der Waals surface area contributed by atoms with E-state index in [9.17, 15) is 4.79 Å². The number of ether oxygens (including phenoxy) is 1. The molecule has 1 N–H and O–H groups in total. The number of benzene rings is 1. The van der Waals surface area contributed by atoms with Crippen molar-refractivity contribution in [3.63, 3.8) is 0 Å². The molecule has 0 spiro atoms. The molecule has 1 unspecified atom stereocenters. The number of thiazole rings is 1. The first-order valence-electron chi connectivity index (χ1n) is 7.79. The maximum absolute atomic E-state index is 12.0. The molecule has 0 saturated carbocycles. The molecule has 2 aromatic rings. The summed E-state index contributed by atoms with van der Waals surface area (Å²) in [6.45, 7) is 5.77. The molecule has 1 aliphatic rings. The average Bonchev–Trinajstić information content (AvgIpc) is 3.01. The summed E-state index contributed by atoms with van der Waals surface area (Å²) in [5, 5.41) is 5.32. The van der Waals surface area contributed by atoms with E-state index in [4.69, 9.17) is 4.74 Å². The van der Waals surface area contributed by atoms with Crippen molar-refractivity contribution in [2.24, 2.45) is 0 Å². The average molecular weight is 331 g/mol. The minimum absolute atomic E-state index is 0.0254. The number of carbonyl (C=O) groups is 1. The van der Waals surface area contributed by atoms with Gasteiger partial charge in [-0.15, -0.1) is 11.3 Å². The zero-order valence-corrected chi connectivity index (χ0v) is 14.0. The van der Waals surface area contributed by atoms with Crippen LogP contribution in [0.3, 0.4) is 0 Å². The van der Waals surface area contributed by atoms with Gasteiger partial charge in [-0.1, -0.05) is 30.3 Å². The molecule has 3 rings (SSSR count). The Kier molecular flexibility index (Phi) is 5.38. The Bertz CT molecular complexity index is 644. The van der Waals surface area contributed by atoms with Crippen molar-refractivity contribution in [1.82, 2.24) is 15.2 Å². The van der Waals surface area contributed by atoms with Crippen LogP contribution < -0.4 is 5.32 Å². The van der Waals surface area contributed by atoms with E-state index in [2.05, 4.69) is 39.5 Å². The van der Waals surface area contributed by atoms with E-state index < -0.39 is 0 Å². The van der Waals surface area contributed by atoms with E-state index in [1.165, 1.54) is 16.9 Å². The van der Waals surface area contributed by atoms with E-state index >= 15 is 0 Å². The standard InChI is InChI=1S/C17H21N3O2S/c1-13-12-23-17(19-13)16(21)18-9-15-11-20(7-8-22-15)10-14-5-3-2-4-6-14/h2-6,12,15H,7-11H2,1H3,(H,18,21). The van der Waals surface area contributed by atoms with Crippen LogP contribution in [-0.2, 0) is 11.3 Å². The molecule has 1 atom stereocenters. The van der Waals surface area contributed by atoms with Crippen molar-refractivity contribution in [2.45, 2.75) is 19.6 Å². The molecule has 1 fully saturated rings. The fraction of sp³-hybridized carbons (Fsp3) is 0.412. The van der Waals surface area contributed by atoms with Gasteiger partial charge in [0.2, 0.25) is 0 Å². The van der Waals surface area contributed by atoms with Gasteiger partial charge in [0.15, 0.2) is 5.01 Å². The molecule has 1 amide bonds. The Balaban J connectivity index is 1.48. The number of rotatable bonds is 5. The van der Waals surface area contributed by atoms with Gasteiger partial charge in [0.05, 0.1) is 12.7 Å². The maximum atomic E-state index is 12.0. The number of hydrogen-bond donors (Lipinski definition) is 1. The maximum Gasteiger partial charge on any atom is 0.280 e. The third kappa shape index (κ3) is 4.60. The van der Waals surface area contributed by atoms with Crippen LogP contribution in [0.15, 0.2) is 35.7 Å². The zero-order chi connectivity index (χ0) is 16.1. The fourth-order valence-corrected chi connectivity index (χ4v) is 3.34. The monoisotopic (exact) mass is 331 g/mol. The lowest BCUT2D eigenvalue weighted by Crippen LogP contribution is -2.47. The van der Waals surface area contributed by atoms with Crippen LogP contribution in [0.1, 0.15) is 21.1 Å². The number of nitrogens with zero attached hydrogens (tertiary/aromatic N) is 2. The van der Waals surface area contributed by atoms with E-state index in [0.717, 1.165) is 25.3 Å². The molecule has 122 valence electrons. The number of nitrogens with one attached hydrogen (secondary N) is 1. The lowest BCUT2D eigenvalue weighted by molar-refractivity contribution is -0.0292.